The number of nitrogens with one attached hydrogen (secondary N) is 2. The van der Waals surface area contributed by atoms with Gasteiger partial charge < -0.3 is 15.7 Å². The maximum absolute atomic E-state index is 8.91. The normalized spacial score (nSPS) is 12.2. The van der Waals surface area contributed by atoms with Gasteiger partial charge in [0.15, 0.2) is 0 Å². The second kappa shape index (κ2) is 7.06. The number of aromatic nitrogens is 1. The molecule has 0 saturated heterocycles. The molecule has 1 rings (SSSR count). The largest absolute Gasteiger partial charge is 0.396 e. The first-order valence-corrected chi connectivity index (χ1v) is 5.88. The molecule has 0 spiro atoms. The minimum absolute atomic E-state index is 0.207. The molecule has 0 bridgehead atoms. The third-order valence-electron chi connectivity index (χ3n) is 2.43. The van der Waals surface area contributed by atoms with Crippen LogP contribution in [0, 0.1) is 0 Å². The van der Waals surface area contributed by atoms with Crippen LogP contribution < -0.4 is 10.6 Å². The van der Waals surface area contributed by atoms with Crippen LogP contribution in [0.15, 0.2) is 18.2 Å². The van der Waals surface area contributed by atoms with Gasteiger partial charge >= 0.3 is 0 Å². The second-order valence-electron chi connectivity index (χ2n) is 3.70. The van der Waals surface area contributed by atoms with Crippen molar-refractivity contribution in [3.63, 3.8) is 0 Å². The van der Waals surface area contributed by atoms with Crippen molar-refractivity contribution in [2.75, 3.05) is 23.8 Å². The topological polar surface area (TPSA) is 57.2 Å². The standard InChI is InChI=1S/C12H21N3O/c1-3-10(8-9-16)14-12-7-5-6-11(15-12)13-4-2/h5-7,10,16H,3-4,8-9H2,1-2H3,(H2,13,14,15). The van der Waals surface area contributed by atoms with Crippen LogP contribution in [0.4, 0.5) is 11.6 Å². The Labute approximate surface area is 97.1 Å². The molecule has 16 heavy (non-hydrogen) atoms. The Kier molecular flexibility index (Phi) is 5.64. The fourth-order valence-corrected chi connectivity index (χ4v) is 1.54. The molecule has 0 amide bonds. The summed E-state index contributed by atoms with van der Waals surface area (Å²) in [7, 11) is 0. The summed E-state index contributed by atoms with van der Waals surface area (Å²) in [6, 6.07) is 6.15. The summed E-state index contributed by atoms with van der Waals surface area (Å²) in [5.74, 6) is 1.74. The zero-order valence-corrected chi connectivity index (χ0v) is 10.0. The fraction of sp³-hybridized carbons (Fsp3) is 0.583. The first-order chi connectivity index (χ1) is 7.80. The molecule has 0 fully saturated rings. The molecule has 1 unspecified atom stereocenters. The molecule has 1 aromatic heterocycles. The number of aliphatic hydroxyl groups excluding tert-OH is 1. The number of aliphatic hydroxyl groups is 1. The van der Waals surface area contributed by atoms with Crippen molar-refractivity contribution in [3.05, 3.63) is 18.2 Å². The van der Waals surface area contributed by atoms with Gasteiger partial charge in [0, 0.05) is 19.2 Å². The lowest BCUT2D eigenvalue weighted by molar-refractivity contribution is 0.278. The Bertz CT molecular complexity index is 304. The number of pyridine rings is 1. The SMILES string of the molecule is CCNc1cccc(NC(CC)CCO)n1. The third kappa shape index (κ3) is 4.06. The van der Waals surface area contributed by atoms with Crippen LogP contribution in [0.1, 0.15) is 26.7 Å². The Morgan fingerprint density at radius 1 is 1.31 bits per heavy atom. The van der Waals surface area contributed by atoms with Crippen molar-refractivity contribution in [2.45, 2.75) is 32.7 Å². The monoisotopic (exact) mass is 223 g/mol. The molecule has 1 atom stereocenters. The lowest BCUT2D eigenvalue weighted by Crippen LogP contribution is -2.20. The van der Waals surface area contributed by atoms with Gasteiger partial charge in [-0.15, -0.1) is 0 Å². The zero-order valence-electron chi connectivity index (χ0n) is 10.0. The number of nitrogens with zero attached hydrogens (tertiary/aromatic N) is 1. The lowest BCUT2D eigenvalue weighted by Gasteiger charge is -2.16. The summed E-state index contributed by atoms with van der Waals surface area (Å²) < 4.78 is 0. The number of hydrogen-bond donors (Lipinski definition) is 3. The van der Waals surface area contributed by atoms with Gasteiger partial charge in [-0.1, -0.05) is 13.0 Å². The van der Waals surface area contributed by atoms with E-state index in [1.165, 1.54) is 0 Å². The highest BCUT2D eigenvalue weighted by Crippen LogP contribution is 2.12. The summed E-state index contributed by atoms with van der Waals surface area (Å²) in [5.41, 5.74) is 0. The zero-order chi connectivity index (χ0) is 11.8. The predicted molar refractivity (Wildman–Crippen MR) is 67.8 cm³/mol. The van der Waals surface area contributed by atoms with E-state index >= 15 is 0 Å². The fourth-order valence-electron chi connectivity index (χ4n) is 1.54. The molecule has 3 N–H and O–H groups in total. The van der Waals surface area contributed by atoms with Gasteiger partial charge in [0.05, 0.1) is 0 Å². The molecular weight excluding hydrogens is 202 g/mol. The van der Waals surface area contributed by atoms with Gasteiger partial charge in [0.1, 0.15) is 11.6 Å². The highest BCUT2D eigenvalue weighted by molar-refractivity contribution is 5.45. The van der Waals surface area contributed by atoms with Crippen molar-refractivity contribution >= 4 is 11.6 Å². The molecular formula is C12H21N3O. The Hall–Kier alpha value is -1.29. The molecule has 0 aliphatic heterocycles. The van der Waals surface area contributed by atoms with E-state index in [0.29, 0.717) is 0 Å². The van der Waals surface area contributed by atoms with E-state index < -0.39 is 0 Å². The average molecular weight is 223 g/mol. The van der Waals surface area contributed by atoms with Gasteiger partial charge in [0.2, 0.25) is 0 Å². The second-order valence-corrected chi connectivity index (χ2v) is 3.70. The van der Waals surface area contributed by atoms with Crippen LogP contribution in [-0.4, -0.2) is 29.3 Å². The van der Waals surface area contributed by atoms with Gasteiger partial charge in [-0.2, -0.15) is 0 Å². The molecule has 0 aliphatic carbocycles. The van der Waals surface area contributed by atoms with E-state index in [2.05, 4.69) is 22.5 Å². The highest BCUT2D eigenvalue weighted by Gasteiger charge is 2.05. The van der Waals surface area contributed by atoms with Crippen molar-refractivity contribution in [1.82, 2.24) is 4.98 Å². The molecule has 4 nitrogen and oxygen atoms in total. The van der Waals surface area contributed by atoms with E-state index in [4.69, 9.17) is 5.11 Å². The van der Waals surface area contributed by atoms with E-state index in [-0.39, 0.29) is 12.6 Å². The number of anilines is 2. The van der Waals surface area contributed by atoms with E-state index in [1.807, 2.05) is 25.1 Å². The van der Waals surface area contributed by atoms with Gasteiger partial charge in [0.25, 0.3) is 0 Å². The Morgan fingerprint density at radius 2 is 2.06 bits per heavy atom. The molecule has 0 aliphatic rings. The van der Waals surface area contributed by atoms with Crippen LogP contribution in [0.2, 0.25) is 0 Å². The van der Waals surface area contributed by atoms with Crippen molar-refractivity contribution in [3.8, 4) is 0 Å². The Morgan fingerprint density at radius 3 is 2.69 bits per heavy atom. The quantitative estimate of drug-likeness (QED) is 0.662. The van der Waals surface area contributed by atoms with Crippen LogP contribution in [0.3, 0.4) is 0 Å². The number of rotatable bonds is 7. The minimum Gasteiger partial charge on any atom is -0.396 e. The van der Waals surface area contributed by atoms with E-state index in [1.54, 1.807) is 0 Å². The summed E-state index contributed by atoms with van der Waals surface area (Å²) in [6.07, 6.45) is 1.73. The summed E-state index contributed by atoms with van der Waals surface area (Å²) in [4.78, 5) is 4.43. The summed E-state index contributed by atoms with van der Waals surface area (Å²) >= 11 is 0. The molecule has 0 aromatic carbocycles. The average Bonchev–Trinajstić information content (AvgIpc) is 2.29. The lowest BCUT2D eigenvalue weighted by atomic mass is 10.1. The van der Waals surface area contributed by atoms with Crippen molar-refractivity contribution < 1.29 is 5.11 Å². The minimum atomic E-state index is 0.207. The van der Waals surface area contributed by atoms with Crippen molar-refractivity contribution in [1.29, 1.82) is 0 Å². The Balaban J connectivity index is 2.60. The molecule has 90 valence electrons. The molecule has 1 aromatic rings. The van der Waals surface area contributed by atoms with Crippen LogP contribution in [-0.2, 0) is 0 Å². The van der Waals surface area contributed by atoms with E-state index in [9.17, 15) is 0 Å². The maximum atomic E-state index is 8.91. The maximum Gasteiger partial charge on any atom is 0.128 e. The first kappa shape index (κ1) is 12.8. The predicted octanol–water partition coefficient (Wildman–Crippen LogP) is 2.09. The van der Waals surface area contributed by atoms with Gasteiger partial charge in [-0.25, -0.2) is 4.98 Å². The van der Waals surface area contributed by atoms with Gasteiger partial charge in [-0.05, 0) is 31.9 Å². The smallest absolute Gasteiger partial charge is 0.128 e. The molecule has 4 heteroatoms. The van der Waals surface area contributed by atoms with Gasteiger partial charge in [-0.3, -0.25) is 0 Å². The van der Waals surface area contributed by atoms with Crippen LogP contribution >= 0.6 is 0 Å². The molecule has 1 heterocycles. The molecule has 0 radical (unpaired) electrons. The number of hydrogen-bond acceptors (Lipinski definition) is 4. The first-order valence-electron chi connectivity index (χ1n) is 5.88. The summed E-state index contributed by atoms with van der Waals surface area (Å²) in [6.45, 7) is 5.21. The third-order valence-corrected chi connectivity index (χ3v) is 2.43. The van der Waals surface area contributed by atoms with E-state index in [0.717, 1.165) is 31.0 Å². The van der Waals surface area contributed by atoms with Crippen LogP contribution in [0.25, 0.3) is 0 Å². The highest BCUT2D eigenvalue weighted by atomic mass is 16.3. The van der Waals surface area contributed by atoms with Crippen LogP contribution in [0.5, 0.6) is 0 Å². The summed E-state index contributed by atoms with van der Waals surface area (Å²) in [5, 5.41) is 15.4. The van der Waals surface area contributed by atoms with Crippen molar-refractivity contribution in [2.24, 2.45) is 0 Å². The molecule has 0 saturated carbocycles.